The summed E-state index contributed by atoms with van der Waals surface area (Å²) in [4.78, 5) is 12.0. The highest BCUT2D eigenvalue weighted by atomic mass is 35.5. The van der Waals surface area contributed by atoms with E-state index in [1.807, 2.05) is 0 Å². The summed E-state index contributed by atoms with van der Waals surface area (Å²) < 4.78 is 6.53. The molecule has 3 rings (SSSR count). The Labute approximate surface area is 106 Å². The summed E-state index contributed by atoms with van der Waals surface area (Å²) in [7, 11) is 1.56. The van der Waals surface area contributed by atoms with Crippen LogP contribution in [0.4, 0.5) is 0 Å². The Hall–Kier alpha value is -2.28. The van der Waals surface area contributed by atoms with Gasteiger partial charge in [-0.3, -0.25) is 0 Å². The van der Waals surface area contributed by atoms with Gasteiger partial charge < -0.3 is 4.74 Å². The molecule has 7 nitrogen and oxygen atoms in total. The van der Waals surface area contributed by atoms with Crippen LogP contribution in [0.1, 0.15) is 0 Å². The minimum Gasteiger partial charge on any atom is -0.481 e. The van der Waals surface area contributed by atoms with Gasteiger partial charge in [0.15, 0.2) is 11.2 Å². The molecule has 0 radical (unpaired) electrons. The standard InChI is InChI=1S/C10H7ClN6O/c1-18-8-3-2-6(4-12-8)17-9-7(15-16-17)5-13-10(11)14-9/h2-5H,1H3. The van der Waals surface area contributed by atoms with Crippen LogP contribution in [0.15, 0.2) is 24.5 Å². The molecule has 0 amide bonds. The minimum atomic E-state index is 0.146. The molecule has 3 aromatic rings. The van der Waals surface area contributed by atoms with Gasteiger partial charge in [-0.15, -0.1) is 5.10 Å². The number of ether oxygens (including phenoxy) is 1. The molecule has 0 aromatic carbocycles. The number of halogens is 1. The molecule has 90 valence electrons. The van der Waals surface area contributed by atoms with Gasteiger partial charge in [0.2, 0.25) is 11.2 Å². The van der Waals surface area contributed by atoms with Crippen molar-refractivity contribution in [3.63, 3.8) is 0 Å². The summed E-state index contributed by atoms with van der Waals surface area (Å²) in [5, 5.41) is 8.08. The van der Waals surface area contributed by atoms with Gasteiger partial charge in [-0.1, -0.05) is 5.21 Å². The van der Waals surface area contributed by atoms with Crippen LogP contribution in [0.3, 0.4) is 0 Å². The second-order valence-corrected chi connectivity index (χ2v) is 3.75. The van der Waals surface area contributed by atoms with Gasteiger partial charge >= 0.3 is 0 Å². The van der Waals surface area contributed by atoms with Crippen molar-refractivity contribution in [2.24, 2.45) is 0 Å². The molecule has 0 N–H and O–H groups in total. The number of methoxy groups -OCH3 is 1. The first-order valence-electron chi connectivity index (χ1n) is 5.02. The van der Waals surface area contributed by atoms with E-state index in [0.717, 1.165) is 0 Å². The van der Waals surface area contributed by atoms with Crippen LogP contribution in [0.2, 0.25) is 5.28 Å². The largest absolute Gasteiger partial charge is 0.481 e. The predicted molar refractivity (Wildman–Crippen MR) is 63.8 cm³/mol. The highest BCUT2D eigenvalue weighted by molar-refractivity contribution is 6.28. The zero-order valence-corrected chi connectivity index (χ0v) is 10.0. The molecule has 0 aliphatic carbocycles. The highest BCUT2D eigenvalue weighted by Crippen LogP contribution is 2.16. The van der Waals surface area contributed by atoms with Crippen LogP contribution in [0, 0.1) is 0 Å². The maximum Gasteiger partial charge on any atom is 0.224 e. The molecule has 3 aromatic heterocycles. The van der Waals surface area contributed by atoms with E-state index in [2.05, 4.69) is 25.3 Å². The fourth-order valence-electron chi connectivity index (χ4n) is 1.50. The van der Waals surface area contributed by atoms with Crippen LogP contribution in [0.5, 0.6) is 5.88 Å². The van der Waals surface area contributed by atoms with Crippen molar-refractivity contribution in [2.45, 2.75) is 0 Å². The Balaban J connectivity index is 2.15. The lowest BCUT2D eigenvalue weighted by molar-refractivity contribution is 0.397. The Morgan fingerprint density at radius 3 is 2.83 bits per heavy atom. The van der Waals surface area contributed by atoms with Crippen LogP contribution >= 0.6 is 11.6 Å². The molecule has 0 saturated heterocycles. The topological polar surface area (TPSA) is 78.6 Å². The van der Waals surface area contributed by atoms with Crippen LogP contribution in [-0.4, -0.2) is 37.1 Å². The summed E-state index contributed by atoms with van der Waals surface area (Å²) >= 11 is 5.76. The van der Waals surface area contributed by atoms with E-state index in [1.165, 1.54) is 10.9 Å². The monoisotopic (exact) mass is 262 g/mol. The van der Waals surface area contributed by atoms with E-state index in [9.17, 15) is 0 Å². The van der Waals surface area contributed by atoms with E-state index in [0.29, 0.717) is 22.7 Å². The first-order chi connectivity index (χ1) is 8.78. The first-order valence-corrected chi connectivity index (χ1v) is 5.40. The Morgan fingerprint density at radius 1 is 1.22 bits per heavy atom. The molecule has 18 heavy (non-hydrogen) atoms. The summed E-state index contributed by atoms with van der Waals surface area (Å²) in [5.74, 6) is 0.524. The van der Waals surface area contributed by atoms with Gasteiger partial charge in [0, 0.05) is 6.07 Å². The van der Waals surface area contributed by atoms with Gasteiger partial charge in [-0.25, -0.2) is 9.97 Å². The van der Waals surface area contributed by atoms with Gasteiger partial charge in [0.05, 0.1) is 25.2 Å². The number of rotatable bonds is 2. The lowest BCUT2D eigenvalue weighted by atomic mass is 10.4. The van der Waals surface area contributed by atoms with Gasteiger partial charge in [-0.05, 0) is 17.7 Å². The molecule has 0 spiro atoms. The molecule has 0 aliphatic rings. The summed E-state index contributed by atoms with van der Waals surface area (Å²) in [5.41, 5.74) is 1.81. The number of hydrogen-bond acceptors (Lipinski definition) is 6. The zero-order valence-electron chi connectivity index (χ0n) is 9.28. The smallest absolute Gasteiger partial charge is 0.224 e. The van der Waals surface area contributed by atoms with Crippen molar-refractivity contribution in [2.75, 3.05) is 7.11 Å². The predicted octanol–water partition coefficient (Wildman–Crippen LogP) is 1.27. The number of pyridine rings is 1. The van der Waals surface area contributed by atoms with Crippen LogP contribution in [-0.2, 0) is 0 Å². The maximum absolute atomic E-state index is 5.76. The van der Waals surface area contributed by atoms with Crippen LogP contribution < -0.4 is 4.74 Å². The average molecular weight is 263 g/mol. The molecule has 0 fully saturated rings. The summed E-state index contributed by atoms with van der Waals surface area (Å²) in [6.45, 7) is 0. The van der Waals surface area contributed by atoms with E-state index < -0.39 is 0 Å². The Bertz CT molecular complexity index is 695. The van der Waals surface area contributed by atoms with Crippen molar-refractivity contribution in [3.8, 4) is 11.6 Å². The molecule has 0 atom stereocenters. The van der Waals surface area contributed by atoms with Gasteiger partial charge in [0.25, 0.3) is 0 Å². The maximum atomic E-state index is 5.76. The van der Waals surface area contributed by atoms with Crippen molar-refractivity contribution < 1.29 is 4.74 Å². The van der Waals surface area contributed by atoms with E-state index in [-0.39, 0.29) is 5.28 Å². The summed E-state index contributed by atoms with van der Waals surface area (Å²) in [6, 6.07) is 3.53. The Morgan fingerprint density at radius 2 is 2.11 bits per heavy atom. The van der Waals surface area contributed by atoms with Crippen molar-refractivity contribution in [1.29, 1.82) is 0 Å². The van der Waals surface area contributed by atoms with Crippen molar-refractivity contribution in [3.05, 3.63) is 29.8 Å². The number of nitrogens with zero attached hydrogens (tertiary/aromatic N) is 6. The summed E-state index contributed by atoms with van der Waals surface area (Å²) in [6.07, 6.45) is 3.13. The van der Waals surface area contributed by atoms with Crippen molar-refractivity contribution in [1.82, 2.24) is 29.9 Å². The SMILES string of the molecule is COc1ccc(-n2nnc3cnc(Cl)nc32)cn1. The molecule has 3 heterocycles. The minimum absolute atomic E-state index is 0.146. The third-order valence-electron chi connectivity index (χ3n) is 2.34. The Kier molecular flexibility index (Phi) is 2.52. The van der Waals surface area contributed by atoms with E-state index in [4.69, 9.17) is 16.3 Å². The molecule has 0 bridgehead atoms. The average Bonchev–Trinajstić information content (AvgIpc) is 2.82. The van der Waals surface area contributed by atoms with E-state index in [1.54, 1.807) is 25.4 Å². The molecule has 8 heteroatoms. The van der Waals surface area contributed by atoms with Gasteiger partial charge in [0.1, 0.15) is 0 Å². The lowest BCUT2D eigenvalue weighted by Gasteiger charge is -2.02. The first kappa shape index (κ1) is 10.8. The third kappa shape index (κ3) is 1.74. The van der Waals surface area contributed by atoms with E-state index >= 15 is 0 Å². The normalized spacial score (nSPS) is 10.8. The van der Waals surface area contributed by atoms with Crippen LogP contribution in [0.25, 0.3) is 16.9 Å². The fourth-order valence-corrected chi connectivity index (χ4v) is 1.63. The number of aromatic nitrogens is 6. The second-order valence-electron chi connectivity index (χ2n) is 3.41. The molecule has 0 aliphatic heterocycles. The number of fused-ring (bicyclic) bond motifs is 1. The van der Waals surface area contributed by atoms with Gasteiger partial charge in [-0.2, -0.15) is 9.67 Å². The number of hydrogen-bond donors (Lipinski definition) is 0. The second kappa shape index (κ2) is 4.19. The molecule has 0 unspecified atom stereocenters. The van der Waals surface area contributed by atoms with Crippen molar-refractivity contribution >= 4 is 22.8 Å². The lowest BCUT2D eigenvalue weighted by Crippen LogP contribution is -1.99. The third-order valence-corrected chi connectivity index (χ3v) is 2.52. The fraction of sp³-hybridized carbons (Fsp3) is 0.100. The molecular formula is C10H7ClN6O. The quantitative estimate of drug-likeness (QED) is 0.647. The zero-order chi connectivity index (χ0) is 12.5. The highest BCUT2D eigenvalue weighted by Gasteiger charge is 2.09. The molecule has 0 saturated carbocycles. The molecular weight excluding hydrogens is 256 g/mol.